The maximum absolute atomic E-state index is 5.20. The maximum atomic E-state index is 5.20. The van der Waals surface area contributed by atoms with Gasteiger partial charge in [-0.2, -0.15) is 4.98 Å². The van der Waals surface area contributed by atoms with Crippen molar-refractivity contribution in [2.45, 2.75) is 51.1 Å². The van der Waals surface area contributed by atoms with Gasteiger partial charge in [0, 0.05) is 17.4 Å². The van der Waals surface area contributed by atoms with Gasteiger partial charge in [0.05, 0.1) is 5.54 Å². The summed E-state index contributed by atoms with van der Waals surface area (Å²) in [6.45, 7) is 4.04. The van der Waals surface area contributed by atoms with Crippen LogP contribution in [0.2, 0.25) is 0 Å². The van der Waals surface area contributed by atoms with E-state index in [-0.39, 0.29) is 11.6 Å². The number of nitrogens with zero attached hydrogens (tertiary/aromatic N) is 2. The average molecular weight is 350 g/mol. The zero-order valence-electron chi connectivity index (χ0n) is 12.4. The first-order valence-electron chi connectivity index (χ1n) is 7.43. The van der Waals surface area contributed by atoms with E-state index in [2.05, 4.69) is 62.6 Å². The van der Waals surface area contributed by atoms with Gasteiger partial charge in [0.25, 0.3) is 0 Å². The third-order valence-electron chi connectivity index (χ3n) is 4.28. The van der Waals surface area contributed by atoms with Crippen molar-refractivity contribution in [3.05, 3.63) is 46.0 Å². The quantitative estimate of drug-likeness (QED) is 0.895. The van der Waals surface area contributed by atoms with Crippen molar-refractivity contribution >= 4 is 15.9 Å². The number of halogens is 1. The summed E-state index contributed by atoms with van der Waals surface area (Å²) in [7, 11) is 0. The Balaban J connectivity index is 1.84. The standard InChI is InChI=1S/C16H20BrN3O/c1-11(13-5-7-14(17)8-6-13)19-16(9-3-4-10-16)15-18-12(2)21-20-15/h5-8,11,19H,3-4,9-10H2,1-2H3/t11-/m1/s1. The van der Waals surface area contributed by atoms with Gasteiger partial charge in [-0.05, 0) is 37.5 Å². The van der Waals surface area contributed by atoms with E-state index in [0.717, 1.165) is 23.1 Å². The molecule has 1 N–H and O–H groups in total. The van der Waals surface area contributed by atoms with E-state index in [9.17, 15) is 0 Å². The van der Waals surface area contributed by atoms with Crippen LogP contribution in [0.25, 0.3) is 0 Å². The summed E-state index contributed by atoms with van der Waals surface area (Å²) in [5.74, 6) is 1.44. The van der Waals surface area contributed by atoms with Crippen molar-refractivity contribution in [3.8, 4) is 0 Å². The van der Waals surface area contributed by atoms with E-state index in [4.69, 9.17) is 4.52 Å². The zero-order chi connectivity index (χ0) is 14.9. The molecule has 0 bridgehead atoms. The normalized spacial score (nSPS) is 18.8. The molecule has 1 heterocycles. The fourth-order valence-corrected chi connectivity index (χ4v) is 3.42. The van der Waals surface area contributed by atoms with Gasteiger partial charge in [0.2, 0.25) is 5.89 Å². The second kappa shape index (κ2) is 5.89. The van der Waals surface area contributed by atoms with Crippen LogP contribution in [0, 0.1) is 6.92 Å². The Hall–Kier alpha value is -1.20. The molecule has 3 rings (SSSR count). The molecule has 0 amide bonds. The molecule has 0 radical (unpaired) electrons. The molecule has 0 aliphatic heterocycles. The zero-order valence-corrected chi connectivity index (χ0v) is 14.0. The van der Waals surface area contributed by atoms with Crippen molar-refractivity contribution in [2.75, 3.05) is 0 Å². The third-order valence-corrected chi connectivity index (χ3v) is 4.80. The molecule has 1 saturated carbocycles. The molecule has 1 aliphatic carbocycles. The highest BCUT2D eigenvalue weighted by molar-refractivity contribution is 9.10. The van der Waals surface area contributed by atoms with E-state index in [1.165, 1.54) is 18.4 Å². The minimum absolute atomic E-state index is 0.149. The van der Waals surface area contributed by atoms with Gasteiger partial charge < -0.3 is 4.52 Å². The highest BCUT2D eigenvalue weighted by Gasteiger charge is 2.40. The van der Waals surface area contributed by atoms with Gasteiger partial charge in [-0.3, -0.25) is 5.32 Å². The van der Waals surface area contributed by atoms with Gasteiger partial charge in [-0.25, -0.2) is 0 Å². The molecule has 1 fully saturated rings. The number of rotatable bonds is 4. The van der Waals surface area contributed by atoms with Crippen molar-refractivity contribution in [1.29, 1.82) is 0 Å². The van der Waals surface area contributed by atoms with Gasteiger partial charge in [0.1, 0.15) is 0 Å². The molecular formula is C16H20BrN3O. The van der Waals surface area contributed by atoms with Crippen LogP contribution in [0.15, 0.2) is 33.3 Å². The molecule has 1 aromatic carbocycles. The first kappa shape index (κ1) is 14.7. The number of hydrogen-bond acceptors (Lipinski definition) is 4. The second-order valence-corrected chi connectivity index (χ2v) is 6.76. The first-order valence-corrected chi connectivity index (χ1v) is 8.22. The Morgan fingerprint density at radius 2 is 1.90 bits per heavy atom. The van der Waals surface area contributed by atoms with E-state index >= 15 is 0 Å². The molecule has 1 atom stereocenters. The summed E-state index contributed by atoms with van der Waals surface area (Å²) in [5.41, 5.74) is 1.12. The van der Waals surface area contributed by atoms with Crippen LogP contribution < -0.4 is 5.32 Å². The SMILES string of the molecule is Cc1nc(C2(N[C@H](C)c3ccc(Br)cc3)CCCC2)no1. The number of aryl methyl sites for hydroxylation is 1. The summed E-state index contributed by atoms with van der Waals surface area (Å²) < 4.78 is 6.30. The van der Waals surface area contributed by atoms with Crippen LogP contribution in [0.5, 0.6) is 0 Å². The topological polar surface area (TPSA) is 51.0 Å². The second-order valence-electron chi connectivity index (χ2n) is 5.84. The molecule has 0 saturated heterocycles. The molecule has 2 aromatic rings. The van der Waals surface area contributed by atoms with Crippen LogP contribution >= 0.6 is 15.9 Å². The molecule has 0 unspecified atom stereocenters. The molecule has 4 nitrogen and oxygen atoms in total. The Bertz CT molecular complexity index is 602. The summed E-state index contributed by atoms with van der Waals surface area (Å²) in [6.07, 6.45) is 4.53. The summed E-state index contributed by atoms with van der Waals surface area (Å²) >= 11 is 3.48. The van der Waals surface area contributed by atoms with Crippen molar-refractivity contribution in [3.63, 3.8) is 0 Å². The number of aromatic nitrogens is 2. The van der Waals surface area contributed by atoms with E-state index < -0.39 is 0 Å². The van der Waals surface area contributed by atoms with Crippen LogP contribution in [0.1, 0.15) is 55.9 Å². The highest BCUT2D eigenvalue weighted by Crippen LogP contribution is 2.39. The number of nitrogens with one attached hydrogen (secondary N) is 1. The van der Waals surface area contributed by atoms with Crippen LogP contribution in [0.3, 0.4) is 0 Å². The lowest BCUT2D eigenvalue weighted by Gasteiger charge is -2.31. The molecule has 1 aromatic heterocycles. The van der Waals surface area contributed by atoms with Gasteiger partial charge in [-0.15, -0.1) is 0 Å². The Morgan fingerprint density at radius 3 is 2.48 bits per heavy atom. The average Bonchev–Trinajstić information content (AvgIpc) is 3.09. The Kier molecular flexibility index (Phi) is 4.13. The molecular weight excluding hydrogens is 330 g/mol. The van der Waals surface area contributed by atoms with Crippen LogP contribution in [-0.4, -0.2) is 10.1 Å². The summed E-state index contributed by atoms with van der Waals surface area (Å²) in [5, 5.41) is 7.93. The lowest BCUT2D eigenvalue weighted by molar-refractivity contribution is 0.274. The van der Waals surface area contributed by atoms with Crippen molar-refractivity contribution in [2.24, 2.45) is 0 Å². The van der Waals surface area contributed by atoms with Gasteiger partial charge >= 0.3 is 0 Å². The summed E-state index contributed by atoms with van der Waals surface area (Å²) in [6, 6.07) is 8.69. The predicted octanol–water partition coefficient (Wildman–Crippen LogP) is 4.26. The largest absolute Gasteiger partial charge is 0.340 e. The van der Waals surface area contributed by atoms with Gasteiger partial charge in [-0.1, -0.05) is 46.1 Å². The van der Waals surface area contributed by atoms with E-state index in [0.29, 0.717) is 5.89 Å². The smallest absolute Gasteiger partial charge is 0.223 e. The minimum atomic E-state index is -0.149. The van der Waals surface area contributed by atoms with Crippen molar-refractivity contribution in [1.82, 2.24) is 15.5 Å². The van der Waals surface area contributed by atoms with Gasteiger partial charge in [0.15, 0.2) is 5.82 Å². The minimum Gasteiger partial charge on any atom is -0.340 e. The number of benzene rings is 1. The Labute approximate surface area is 133 Å². The van der Waals surface area contributed by atoms with Crippen LogP contribution in [0.4, 0.5) is 0 Å². The fourth-order valence-electron chi connectivity index (χ4n) is 3.15. The lowest BCUT2D eigenvalue weighted by atomic mass is 9.94. The highest BCUT2D eigenvalue weighted by atomic mass is 79.9. The fraction of sp³-hybridized carbons (Fsp3) is 0.500. The molecule has 0 spiro atoms. The molecule has 112 valence electrons. The third kappa shape index (κ3) is 3.04. The number of hydrogen-bond donors (Lipinski definition) is 1. The molecule has 21 heavy (non-hydrogen) atoms. The summed E-state index contributed by atoms with van der Waals surface area (Å²) in [4.78, 5) is 4.48. The predicted molar refractivity (Wildman–Crippen MR) is 84.9 cm³/mol. The van der Waals surface area contributed by atoms with Crippen LogP contribution in [-0.2, 0) is 5.54 Å². The monoisotopic (exact) mass is 349 g/mol. The maximum Gasteiger partial charge on any atom is 0.223 e. The van der Waals surface area contributed by atoms with E-state index in [1.54, 1.807) is 0 Å². The molecule has 1 aliphatic rings. The Morgan fingerprint density at radius 1 is 1.24 bits per heavy atom. The van der Waals surface area contributed by atoms with E-state index in [1.807, 2.05) is 6.92 Å². The molecule has 5 heteroatoms. The van der Waals surface area contributed by atoms with Crippen molar-refractivity contribution < 1.29 is 4.52 Å². The lowest BCUT2D eigenvalue weighted by Crippen LogP contribution is -2.42. The first-order chi connectivity index (χ1) is 10.1.